The van der Waals surface area contributed by atoms with Crippen LogP contribution in [0.25, 0.3) is 0 Å². The van der Waals surface area contributed by atoms with Crippen molar-refractivity contribution >= 4 is 15.9 Å². The predicted octanol–water partition coefficient (Wildman–Crippen LogP) is 3.25. The van der Waals surface area contributed by atoms with Crippen molar-refractivity contribution in [2.45, 2.75) is 37.9 Å². The average molecular weight is 330 g/mol. The minimum absolute atomic E-state index is 0.0416. The molecule has 0 heterocycles. The van der Waals surface area contributed by atoms with E-state index in [1.54, 1.807) is 0 Å². The van der Waals surface area contributed by atoms with Gasteiger partial charge in [-0.1, -0.05) is 41.1 Å². The first-order chi connectivity index (χ1) is 8.85. The van der Waals surface area contributed by atoms with Crippen molar-refractivity contribution in [1.82, 2.24) is 0 Å². The maximum atomic E-state index is 9.07. The Hall–Kier alpha value is -0.740. The quantitative estimate of drug-likeness (QED) is 0.462. The number of nitrogens with two attached hydrogens (primary N) is 1. The monoisotopic (exact) mass is 329 g/mol. The average Bonchev–Trinajstić information content (AvgIpc) is 2.55. The summed E-state index contributed by atoms with van der Waals surface area (Å²) in [5.41, 5.74) is 7.79. The fraction of sp³-hybridized carbons (Fsp3) is 0.600. The number of allylic oxidation sites excluding steroid dienone is 4. The normalized spacial score (nSPS) is 26.3. The number of aliphatic hydroxyl groups is 1. The van der Waals surface area contributed by atoms with Gasteiger partial charge in [-0.15, -0.1) is 0 Å². The molecule has 0 aromatic heterocycles. The van der Waals surface area contributed by atoms with E-state index >= 15 is 0 Å². The molecule has 19 heavy (non-hydrogen) atoms. The standard InChI is InChI=1S/C15H24BrNO2/c1-11(9-18)14(17)12(2)19-10-13-5-4-7-15(3,16)8-6-13/h4,6-7,11,18H,5,8-10,17H2,1-3H3/b14-12-. The summed E-state index contributed by atoms with van der Waals surface area (Å²) in [6.45, 7) is 6.48. The summed E-state index contributed by atoms with van der Waals surface area (Å²) < 4.78 is 5.76. The number of aliphatic hydroxyl groups excluding tert-OH is 1. The van der Waals surface area contributed by atoms with Crippen LogP contribution in [0.15, 0.2) is 35.3 Å². The molecule has 0 amide bonds. The Morgan fingerprint density at radius 1 is 1.63 bits per heavy atom. The van der Waals surface area contributed by atoms with Crippen LogP contribution in [-0.2, 0) is 4.74 Å². The third-order valence-corrected chi connectivity index (χ3v) is 3.91. The largest absolute Gasteiger partial charge is 0.492 e. The lowest BCUT2D eigenvalue weighted by atomic mass is 10.1. The molecule has 0 fully saturated rings. The van der Waals surface area contributed by atoms with Gasteiger partial charge in [0.15, 0.2) is 0 Å². The summed E-state index contributed by atoms with van der Waals surface area (Å²) in [5.74, 6) is 0.645. The van der Waals surface area contributed by atoms with E-state index in [1.807, 2.05) is 13.8 Å². The topological polar surface area (TPSA) is 55.5 Å². The van der Waals surface area contributed by atoms with Gasteiger partial charge in [0.25, 0.3) is 0 Å². The maximum absolute atomic E-state index is 9.07. The molecule has 0 aromatic rings. The molecule has 0 saturated heterocycles. The zero-order valence-electron chi connectivity index (χ0n) is 11.9. The van der Waals surface area contributed by atoms with Crippen LogP contribution in [0.3, 0.4) is 0 Å². The Kier molecular flexibility index (Phi) is 6.14. The van der Waals surface area contributed by atoms with Gasteiger partial charge in [0.1, 0.15) is 12.4 Å². The Morgan fingerprint density at radius 2 is 2.32 bits per heavy atom. The van der Waals surface area contributed by atoms with Crippen LogP contribution < -0.4 is 5.73 Å². The second-order valence-corrected chi connectivity index (χ2v) is 7.15. The zero-order valence-corrected chi connectivity index (χ0v) is 13.5. The van der Waals surface area contributed by atoms with Crippen molar-refractivity contribution in [1.29, 1.82) is 0 Å². The number of hydrogen-bond acceptors (Lipinski definition) is 3. The highest BCUT2D eigenvalue weighted by molar-refractivity contribution is 9.10. The second kappa shape index (κ2) is 7.15. The highest BCUT2D eigenvalue weighted by atomic mass is 79.9. The van der Waals surface area contributed by atoms with Crippen molar-refractivity contribution in [2.75, 3.05) is 13.2 Å². The zero-order chi connectivity index (χ0) is 14.5. The summed E-state index contributed by atoms with van der Waals surface area (Å²) in [7, 11) is 0. The minimum Gasteiger partial charge on any atom is -0.492 e. The molecule has 1 aliphatic rings. The molecule has 1 rings (SSSR count). The molecule has 0 radical (unpaired) electrons. The molecule has 0 saturated carbocycles. The molecular weight excluding hydrogens is 306 g/mol. The summed E-state index contributed by atoms with van der Waals surface area (Å²) in [6.07, 6.45) is 8.42. The lowest BCUT2D eigenvalue weighted by molar-refractivity contribution is 0.217. The molecule has 108 valence electrons. The molecule has 3 nitrogen and oxygen atoms in total. The van der Waals surface area contributed by atoms with E-state index in [0.29, 0.717) is 18.1 Å². The van der Waals surface area contributed by atoms with E-state index in [1.165, 1.54) is 5.57 Å². The Bertz CT molecular complexity index is 397. The molecule has 0 aromatic carbocycles. The van der Waals surface area contributed by atoms with E-state index in [-0.39, 0.29) is 16.8 Å². The van der Waals surface area contributed by atoms with Gasteiger partial charge in [0.2, 0.25) is 0 Å². The molecule has 4 heteroatoms. The second-order valence-electron chi connectivity index (χ2n) is 5.33. The molecule has 1 aliphatic carbocycles. The molecule has 0 spiro atoms. The van der Waals surface area contributed by atoms with Gasteiger partial charge in [-0.05, 0) is 32.3 Å². The van der Waals surface area contributed by atoms with Crippen LogP contribution >= 0.6 is 15.9 Å². The third kappa shape index (κ3) is 5.41. The van der Waals surface area contributed by atoms with Gasteiger partial charge >= 0.3 is 0 Å². The van der Waals surface area contributed by atoms with Gasteiger partial charge in [-0.25, -0.2) is 0 Å². The predicted molar refractivity (Wildman–Crippen MR) is 82.9 cm³/mol. The van der Waals surface area contributed by atoms with Crippen LogP contribution in [0.5, 0.6) is 0 Å². The summed E-state index contributed by atoms with van der Waals surface area (Å²) >= 11 is 3.67. The van der Waals surface area contributed by atoms with Crippen LogP contribution in [0, 0.1) is 5.92 Å². The lowest BCUT2D eigenvalue weighted by Crippen LogP contribution is -2.16. The first-order valence-corrected chi connectivity index (χ1v) is 7.39. The number of hydrogen-bond donors (Lipinski definition) is 2. The fourth-order valence-electron chi connectivity index (χ4n) is 1.80. The van der Waals surface area contributed by atoms with Crippen molar-refractivity contribution in [3.63, 3.8) is 0 Å². The summed E-state index contributed by atoms with van der Waals surface area (Å²) in [5, 5.41) is 9.07. The highest BCUT2D eigenvalue weighted by Gasteiger charge is 2.17. The Morgan fingerprint density at radius 3 is 2.95 bits per heavy atom. The lowest BCUT2D eigenvalue weighted by Gasteiger charge is -2.15. The minimum atomic E-state index is -0.0613. The van der Waals surface area contributed by atoms with Crippen LogP contribution in [0.1, 0.15) is 33.6 Å². The third-order valence-electron chi connectivity index (χ3n) is 3.32. The summed E-state index contributed by atoms with van der Waals surface area (Å²) in [4.78, 5) is 0. The molecular formula is C15H24BrNO2. The fourth-order valence-corrected chi connectivity index (χ4v) is 2.15. The molecule has 2 unspecified atom stereocenters. The van der Waals surface area contributed by atoms with Crippen LogP contribution in [0.2, 0.25) is 0 Å². The van der Waals surface area contributed by atoms with Crippen LogP contribution in [-0.4, -0.2) is 22.6 Å². The number of ether oxygens (including phenoxy) is 1. The smallest absolute Gasteiger partial charge is 0.112 e. The van der Waals surface area contributed by atoms with Gasteiger partial charge in [0, 0.05) is 10.2 Å². The van der Waals surface area contributed by atoms with Gasteiger partial charge in [0.05, 0.1) is 12.3 Å². The first-order valence-electron chi connectivity index (χ1n) is 6.60. The number of alkyl halides is 1. The Labute approximate surface area is 124 Å². The van der Waals surface area contributed by atoms with E-state index in [9.17, 15) is 0 Å². The van der Waals surface area contributed by atoms with Crippen molar-refractivity contribution in [3.05, 3.63) is 35.3 Å². The van der Waals surface area contributed by atoms with Crippen molar-refractivity contribution in [3.8, 4) is 0 Å². The van der Waals surface area contributed by atoms with Gasteiger partial charge < -0.3 is 15.6 Å². The van der Waals surface area contributed by atoms with E-state index in [2.05, 4.69) is 41.1 Å². The molecule has 3 N–H and O–H groups in total. The molecule has 0 bridgehead atoms. The van der Waals surface area contributed by atoms with Crippen molar-refractivity contribution < 1.29 is 9.84 Å². The van der Waals surface area contributed by atoms with Crippen LogP contribution in [0.4, 0.5) is 0 Å². The number of rotatable bonds is 5. The van der Waals surface area contributed by atoms with E-state index < -0.39 is 0 Å². The maximum Gasteiger partial charge on any atom is 0.112 e. The number of halogens is 1. The SMILES string of the molecule is C/C(OCC1=CCC(C)(Br)C=CC1)=C(/N)C(C)CO. The molecule has 2 atom stereocenters. The van der Waals surface area contributed by atoms with E-state index in [0.717, 1.165) is 12.8 Å². The van der Waals surface area contributed by atoms with Gasteiger partial charge in [-0.3, -0.25) is 0 Å². The summed E-state index contributed by atoms with van der Waals surface area (Å²) in [6, 6.07) is 0. The Balaban J connectivity index is 2.58. The van der Waals surface area contributed by atoms with Crippen molar-refractivity contribution in [2.24, 2.45) is 11.7 Å². The first kappa shape index (κ1) is 16.3. The van der Waals surface area contributed by atoms with E-state index in [4.69, 9.17) is 15.6 Å². The highest BCUT2D eigenvalue weighted by Crippen LogP contribution is 2.28. The molecule has 0 aliphatic heterocycles. The van der Waals surface area contributed by atoms with Gasteiger partial charge in [-0.2, -0.15) is 0 Å².